The molecule has 2 unspecified atom stereocenters. The van der Waals surface area contributed by atoms with Gasteiger partial charge in [0.05, 0.1) is 4.88 Å². The van der Waals surface area contributed by atoms with Crippen LogP contribution in [0.1, 0.15) is 19.4 Å². The molecule has 0 aliphatic rings. The second-order valence-electron chi connectivity index (χ2n) is 4.19. The van der Waals surface area contributed by atoms with Crippen molar-refractivity contribution < 1.29 is 13.2 Å². The van der Waals surface area contributed by atoms with Crippen molar-refractivity contribution in [2.24, 2.45) is 5.73 Å². The highest BCUT2D eigenvalue weighted by atomic mass is 32.1. The van der Waals surface area contributed by atoms with Gasteiger partial charge in [-0.3, -0.25) is 0 Å². The Balaban J connectivity index is 2.47. The van der Waals surface area contributed by atoms with Crippen molar-refractivity contribution in [1.29, 1.82) is 0 Å². The van der Waals surface area contributed by atoms with Crippen LogP contribution in [0.5, 0.6) is 0 Å². The van der Waals surface area contributed by atoms with E-state index in [9.17, 15) is 13.2 Å². The van der Waals surface area contributed by atoms with Crippen LogP contribution in [-0.4, -0.2) is 21.8 Å². The summed E-state index contributed by atoms with van der Waals surface area (Å²) >= 11 is 1.35. The summed E-state index contributed by atoms with van der Waals surface area (Å²) in [6, 6.07) is 0.778. The van der Waals surface area contributed by atoms with E-state index in [1.807, 2.05) is 0 Å². The summed E-state index contributed by atoms with van der Waals surface area (Å²) in [4.78, 5) is 4.72. The van der Waals surface area contributed by atoms with Crippen LogP contribution in [0, 0.1) is 0 Å². The molecule has 0 saturated carbocycles. The van der Waals surface area contributed by atoms with Gasteiger partial charge in [-0.1, -0.05) is 13.0 Å². The number of aromatic nitrogens is 2. The van der Waals surface area contributed by atoms with Gasteiger partial charge in [-0.05, 0) is 17.9 Å². The SMILES string of the molecule is CCC(N)C(n1ccnc1-c1cccs1)C(F)(F)F. The first-order chi connectivity index (χ1) is 8.95. The third-order valence-electron chi connectivity index (χ3n) is 2.92. The predicted molar refractivity (Wildman–Crippen MR) is 68.9 cm³/mol. The molecular weight excluding hydrogens is 275 g/mol. The molecule has 2 rings (SSSR count). The molecule has 19 heavy (non-hydrogen) atoms. The monoisotopic (exact) mass is 289 g/mol. The minimum absolute atomic E-state index is 0.242. The lowest BCUT2D eigenvalue weighted by Crippen LogP contribution is -2.41. The highest BCUT2D eigenvalue weighted by Gasteiger charge is 2.45. The molecule has 0 aromatic carbocycles. The summed E-state index contributed by atoms with van der Waals surface area (Å²) in [7, 11) is 0. The molecule has 0 bridgehead atoms. The van der Waals surface area contributed by atoms with Gasteiger partial charge in [0.1, 0.15) is 6.04 Å². The number of imidazole rings is 1. The quantitative estimate of drug-likeness (QED) is 0.936. The molecule has 0 spiro atoms. The first-order valence-electron chi connectivity index (χ1n) is 5.84. The van der Waals surface area contributed by atoms with Crippen LogP contribution >= 0.6 is 11.3 Å². The van der Waals surface area contributed by atoms with E-state index in [1.165, 1.54) is 23.7 Å². The topological polar surface area (TPSA) is 43.8 Å². The number of thiophene rings is 1. The lowest BCUT2D eigenvalue weighted by Gasteiger charge is -2.27. The van der Waals surface area contributed by atoms with E-state index in [2.05, 4.69) is 4.98 Å². The molecule has 2 N–H and O–H groups in total. The Labute approximate surface area is 112 Å². The van der Waals surface area contributed by atoms with Crippen LogP contribution in [0.3, 0.4) is 0 Å². The summed E-state index contributed by atoms with van der Waals surface area (Å²) in [5.41, 5.74) is 5.65. The molecule has 2 aromatic heterocycles. The molecule has 7 heteroatoms. The lowest BCUT2D eigenvalue weighted by molar-refractivity contribution is -0.172. The maximum atomic E-state index is 13.2. The first kappa shape index (κ1) is 14.1. The van der Waals surface area contributed by atoms with Crippen molar-refractivity contribution in [1.82, 2.24) is 9.55 Å². The fourth-order valence-corrected chi connectivity index (χ4v) is 2.69. The Hall–Kier alpha value is -1.34. The predicted octanol–water partition coefficient (Wildman–Crippen LogP) is 3.45. The van der Waals surface area contributed by atoms with E-state index in [4.69, 9.17) is 5.73 Å². The smallest absolute Gasteiger partial charge is 0.326 e. The fraction of sp³-hybridized carbons (Fsp3) is 0.417. The number of rotatable bonds is 4. The van der Waals surface area contributed by atoms with Crippen molar-refractivity contribution >= 4 is 11.3 Å². The molecule has 2 atom stereocenters. The second kappa shape index (κ2) is 5.34. The van der Waals surface area contributed by atoms with Crippen LogP contribution in [0.25, 0.3) is 10.7 Å². The lowest BCUT2D eigenvalue weighted by atomic mass is 10.1. The molecule has 0 radical (unpaired) electrons. The van der Waals surface area contributed by atoms with Crippen molar-refractivity contribution in [3.63, 3.8) is 0 Å². The second-order valence-corrected chi connectivity index (χ2v) is 5.14. The minimum Gasteiger partial charge on any atom is -0.326 e. The van der Waals surface area contributed by atoms with E-state index in [0.717, 1.165) is 4.57 Å². The summed E-state index contributed by atoms with van der Waals surface area (Å²) < 4.78 is 40.8. The molecule has 0 amide bonds. The molecule has 3 nitrogen and oxygen atoms in total. The van der Waals surface area contributed by atoms with Gasteiger partial charge in [0, 0.05) is 18.4 Å². The number of alkyl halides is 3. The van der Waals surface area contributed by atoms with Crippen LogP contribution in [0.4, 0.5) is 13.2 Å². The van der Waals surface area contributed by atoms with Crippen molar-refractivity contribution in [3.05, 3.63) is 29.9 Å². The van der Waals surface area contributed by atoms with Crippen LogP contribution in [-0.2, 0) is 0 Å². The number of hydrogen-bond acceptors (Lipinski definition) is 3. The Bertz CT molecular complexity index is 519. The van der Waals surface area contributed by atoms with Crippen molar-refractivity contribution in [2.45, 2.75) is 31.6 Å². The first-order valence-corrected chi connectivity index (χ1v) is 6.72. The van der Waals surface area contributed by atoms with Crippen molar-refractivity contribution in [3.8, 4) is 10.7 Å². The minimum atomic E-state index is -4.40. The van der Waals surface area contributed by atoms with Gasteiger partial charge < -0.3 is 10.3 Å². The zero-order chi connectivity index (χ0) is 14.0. The largest absolute Gasteiger partial charge is 0.410 e. The highest BCUT2D eigenvalue weighted by molar-refractivity contribution is 7.13. The van der Waals surface area contributed by atoms with E-state index >= 15 is 0 Å². The Morgan fingerprint density at radius 3 is 2.74 bits per heavy atom. The van der Waals surface area contributed by atoms with Gasteiger partial charge in [-0.2, -0.15) is 13.2 Å². The third kappa shape index (κ3) is 2.82. The Morgan fingerprint density at radius 2 is 2.21 bits per heavy atom. The highest BCUT2D eigenvalue weighted by Crippen LogP contribution is 2.37. The Morgan fingerprint density at radius 1 is 1.47 bits per heavy atom. The van der Waals surface area contributed by atoms with Crippen molar-refractivity contribution in [2.75, 3.05) is 0 Å². The van der Waals surface area contributed by atoms with Gasteiger partial charge in [-0.25, -0.2) is 4.98 Å². The molecule has 2 heterocycles. The van der Waals surface area contributed by atoms with E-state index < -0.39 is 18.3 Å². The summed E-state index contributed by atoms with van der Waals surface area (Å²) in [5, 5.41) is 1.80. The summed E-state index contributed by atoms with van der Waals surface area (Å²) in [6.45, 7) is 1.64. The fourth-order valence-electron chi connectivity index (χ4n) is 1.96. The third-order valence-corrected chi connectivity index (χ3v) is 3.79. The molecule has 0 saturated heterocycles. The molecule has 0 aliphatic heterocycles. The molecule has 2 aromatic rings. The average Bonchev–Trinajstić information content (AvgIpc) is 2.96. The van der Waals surface area contributed by atoms with Crippen LogP contribution in [0.15, 0.2) is 29.9 Å². The number of nitrogens with two attached hydrogens (primary N) is 1. The molecule has 0 fully saturated rings. The van der Waals surface area contributed by atoms with Gasteiger partial charge >= 0.3 is 6.18 Å². The number of nitrogens with zero attached hydrogens (tertiary/aromatic N) is 2. The molecule has 104 valence electrons. The molecule has 0 aliphatic carbocycles. The van der Waals surface area contributed by atoms with Gasteiger partial charge in [-0.15, -0.1) is 11.3 Å². The number of halogens is 3. The molecular formula is C12H14F3N3S. The maximum Gasteiger partial charge on any atom is 0.410 e. The van der Waals surface area contributed by atoms with Gasteiger partial charge in [0.2, 0.25) is 0 Å². The average molecular weight is 289 g/mol. The Kier molecular flexibility index (Phi) is 3.96. The van der Waals surface area contributed by atoms with E-state index in [1.54, 1.807) is 24.4 Å². The number of hydrogen-bond donors (Lipinski definition) is 1. The van der Waals surface area contributed by atoms with Gasteiger partial charge in [0.25, 0.3) is 0 Å². The van der Waals surface area contributed by atoms with E-state index in [0.29, 0.717) is 10.7 Å². The standard InChI is InChI=1S/C12H14F3N3S/c1-2-8(16)10(12(13,14)15)18-6-5-17-11(18)9-4-3-7-19-9/h3-8,10H,2,16H2,1H3. The van der Waals surface area contributed by atoms with Gasteiger partial charge in [0.15, 0.2) is 5.82 Å². The zero-order valence-electron chi connectivity index (χ0n) is 10.3. The zero-order valence-corrected chi connectivity index (χ0v) is 11.1. The van der Waals surface area contributed by atoms with E-state index in [-0.39, 0.29) is 6.42 Å². The summed E-state index contributed by atoms with van der Waals surface area (Å²) in [6.07, 6.45) is -1.45. The normalized spacial score (nSPS) is 15.4. The van der Waals surface area contributed by atoms with Crippen LogP contribution < -0.4 is 5.73 Å². The summed E-state index contributed by atoms with van der Waals surface area (Å²) in [5.74, 6) is 0.307. The maximum absolute atomic E-state index is 13.2. The van der Waals surface area contributed by atoms with Crippen LogP contribution in [0.2, 0.25) is 0 Å².